The highest BCUT2D eigenvalue weighted by Crippen LogP contribution is 2.43. The predicted molar refractivity (Wildman–Crippen MR) is 409 cm³/mol. The highest BCUT2D eigenvalue weighted by Gasteiger charge is 2.26. The third kappa shape index (κ3) is 78.2. The summed E-state index contributed by atoms with van der Waals surface area (Å²) in [6, 6.07) is 0. The molecule has 0 heterocycles. The van der Waals surface area contributed by atoms with Gasteiger partial charge in [0.05, 0.1) is 13.2 Å². The molecule has 0 aromatic carbocycles. The van der Waals surface area contributed by atoms with Crippen molar-refractivity contribution in [3.05, 3.63) is 85.1 Å². The zero-order chi connectivity index (χ0) is 67.9. The molecule has 0 radical (unpaired) electrons. The van der Waals surface area contributed by atoms with Crippen LogP contribution in [0.1, 0.15) is 406 Å². The second-order valence-electron chi connectivity index (χ2n) is 27.3. The SMILES string of the molecule is CC/C=C\C/C=C\C/C=C\C/C=C\C/C=C\C/C=C\C/C=C\CCCCCCCCCCCCCC(=O)OC(COC(=O)CCCCCCCCCCCCCCCCCCCCCCCCCCCCCCCCCCCCCCCCCC)COP(=O)(O)OCCN. The molecule has 0 aromatic heterocycles. The molecule has 0 rings (SSSR count). The molecular weight excluding hydrogens is 1180 g/mol. The molecule has 0 aliphatic carbocycles. The van der Waals surface area contributed by atoms with Gasteiger partial charge in [-0.05, 0) is 70.6 Å². The fraction of sp³-hybridized carbons (Fsp3) is 0.810. The summed E-state index contributed by atoms with van der Waals surface area (Å²) in [4.78, 5) is 35.5. The number of allylic oxidation sites excluding steroid dienone is 14. The fourth-order valence-electron chi connectivity index (χ4n) is 12.1. The maximum Gasteiger partial charge on any atom is 0.472 e. The summed E-state index contributed by atoms with van der Waals surface area (Å²) in [7, 11) is -4.40. The monoisotopic (exact) mass is 1340 g/mol. The summed E-state index contributed by atoms with van der Waals surface area (Å²) in [5.74, 6) is -0.816. The average molecular weight is 1340 g/mol. The summed E-state index contributed by atoms with van der Waals surface area (Å²) >= 11 is 0. The Morgan fingerprint density at radius 2 is 0.585 bits per heavy atom. The van der Waals surface area contributed by atoms with Crippen molar-refractivity contribution >= 4 is 19.8 Å². The van der Waals surface area contributed by atoms with E-state index < -0.39 is 26.5 Å². The van der Waals surface area contributed by atoms with Crippen molar-refractivity contribution in [3.8, 4) is 0 Å². The van der Waals surface area contributed by atoms with Crippen LogP contribution in [0.5, 0.6) is 0 Å². The van der Waals surface area contributed by atoms with Crippen LogP contribution in [0.2, 0.25) is 0 Å². The fourth-order valence-corrected chi connectivity index (χ4v) is 12.9. The van der Waals surface area contributed by atoms with Crippen LogP contribution in [0.15, 0.2) is 85.1 Å². The molecule has 0 saturated heterocycles. The van der Waals surface area contributed by atoms with Gasteiger partial charge in [-0.3, -0.25) is 18.6 Å². The lowest BCUT2D eigenvalue weighted by molar-refractivity contribution is -0.161. The van der Waals surface area contributed by atoms with Gasteiger partial charge in [0.1, 0.15) is 6.61 Å². The van der Waals surface area contributed by atoms with Crippen LogP contribution in [0.4, 0.5) is 0 Å². The number of esters is 2. The molecule has 0 saturated carbocycles. The predicted octanol–water partition coefficient (Wildman–Crippen LogP) is 27.3. The topological polar surface area (TPSA) is 134 Å². The molecule has 0 amide bonds. The molecule has 2 atom stereocenters. The number of phosphoric ester groups is 1. The van der Waals surface area contributed by atoms with E-state index in [1.807, 2.05) is 0 Å². The minimum Gasteiger partial charge on any atom is -0.462 e. The largest absolute Gasteiger partial charge is 0.472 e. The smallest absolute Gasteiger partial charge is 0.462 e. The number of unbranched alkanes of at least 4 members (excludes halogenated alkanes) is 50. The van der Waals surface area contributed by atoms with Crippen molar-refractivity contribution in [1.82, 2.24) is 0 Å². The van der Waals surface area contributed by atoms with E-state index in [1.54, 1.807) is 0 Å². The van der Waals surface area contributed by atoms with Crippen LogP contribution >= 0.6 is 7.82 Å². The Morgan fingerprint density at radius 3 is 0.872 bits per heavy atom. The molecular formula is C84H154NO8P. The summed E-state index contributed by atoms with van der Waals surface area (Å²) in [6.45, 7) is 3.69. The van der Waals surface area contributed by atoms with E-state index in [-0.39, 0.29) is 38.6 Å². The highest BCUT2D eigenvalue weighted by atomic mass is 31.2. The number of rotatable bonds is 77. The van der Waals surface area contributed by atoms with Gasteiger partial charge < -0.3 is 20.1 Å². The van der Waals surface area contributed by atoms with Crippen LogP contribution in [0, 0.1) is 0 Å². The van der Waals surface area contributed by atoms with E-state index in [4.69, 9.17) is 24.3 Å². The molecule has 10 heteroatoms. The van der Waals surface area contributed by atoms with E-state index in [1.165, 1.54) is 283 Å². The van der Waals surface area contributed by atoms with Crippen LogP contribution in [0.25, 0.3) is 0 Å². The molecule has 3 N–H and O–H groups in total. The molecule has 0 aliphatic heterocycles. The molecule has 0 aliphatic rings. The van der Waals surface area contributed by atoms with E-state index in [0.717, 1.165) is 89.9 Å². The quantitative estimate of drug-likeness (QED) is 0.0264. The van der Waals surface area contributed by atoms with Gasteiger partial charge in [0.15, 0.2) is 6.10 Å². The van der Waals surface area contributed by atoms with Gasteiger partial charge in [-0.15, -0.1) is 0 Å². The summed E-state index contributed by atoms with van der Waals surface area (Å²) in [6.07, 6.45) is 107. The minimum absolute atomic E-state index is 0.0516. The van der Waals surface area contributed by atoms with E-state index in [0.29, 0.717) is 6.42 Å². The normalized spacial score (nSPS) is 13.3. The second kappa shape index (κ2) is 79.2. The third-order valence-electron chi connectivity index (χ3n) is 18.0. The summed E-state index contributed by atoms with van der Waals surface area (Å²) in [5, 5.41) is 0. The Bertz CT molecular complexity index is 1820. The Morgan fingerprint density at radius 1 is 0.330 bits per heavy atom. The van der Waals surface area contributed by atoms with E-state index in [9.17, 15) is 19.0 Å². The Kier molecular flexibility index (Phi) is 76.8. The van der Waals surface area contributed by atoms with Crippen LogP contribution in [-0.4, -0.2) is 49.3 Å². The van der Waals surface area contributed by atoms with Crippen LogP contribution in [0.3, 0.4) is 0 Å². The zero-order valence-corrected chi connectivity index (χ0v) is 62.8. The van der Waals surface area contributed by atoms with Crippen molar-refractivity contribution in [2.75, 3.05) is 26.4 Å². The lowest BCUT2D eigenvalue weighted by Crippen LogP contribution is -2.29. The van der Waals surface area contributed by atoms with Crippen molar-refractivity contribution in [2.24, 2.45) is 5.73 Å². The first kappa shape index (κ1) is 91.2. The molecule has 2 unspecified atom stereocenters. The lowest BCUT2D eigenvalue weighted by atomic mass is 10.0. The first-order valence-corrected chi connectivity index (χ1v) is 42.1. The number of carbonyl (C=O) groups is 2. The van der Waals surface area contributed by atoms with Crippen LogP contribution in [-0.2, 0) is 32.7 Å². The van der Waals surface area contributed by atoms with Gasteiger partial charge in [-0.1, -0.05) is 407 Å². The molecule has 94 heavy (non-hydrogen) atoms. The van der Waals surface area contributed by atoms with Crippen molar-refractivity contribution in [3.63, 3.8) is 0 Å². The third-order valence-corrected chi connectivity index (χ3v) is 19.0. The number of hydrogen-bond acceptors (Lipinski definition) is 8. The number of ether oxygens (including phenoxy) is 2. The molecule has 0 spiro atoms. The maximum atomic E-state index is 12.8. The Labute approximate surface area is 583 Å². The van der Waals surface area contributed by atoms with Gasteiger partial charge >= 0.3 is 19.8 Å². The minimum atomic E-state index is -4.40. The number of hydrogen-bond donors (Lipinski definition) is 2. The van der Waals surface area contributed by atoms with Crippen LogP contribution < -0.4 is 5.73 Å². The van der Waals surface area contributed by atoms with E-state index >= 15 is 0 Å². The van der Waals surface area contributed by atoms with Gasteiger partial charge in [-0.2, -0.15) is 0 Å². The Hall–Kier alpha value is -2.81. The molecule has 0 fully saturated rings. The van der Waals surface area contributed by atoms with E-state index in [2.05, 4.69) is 98.9 Å². The lowest BCUT2D eigenvalue weighted by Gasteiger charge is -2.19. The van der Waals surface area contributed by atoms with Gasteiger partial charge in [-0.25, -0.2) is 4.57 Å². The van der Waals surface area contributed by atoms with Gasteiger partial charge in [0, 0.05) is 19.4 Å². The summed E-state index contributed by atoms with van der Waals surface area (Å²) < 4.78 is 33.3. The highest BCUT2D eigenvalue weighted by molar-refractivity contribution is 7.47. The first-order chi connectivity index (χ1) is 46.3. The Balaban J connectivity index is 3.78. The molecule has 548 valence electrons. The maximum absolute atomic E-state index is 12.8. The number of nitrogens with two attached hydrogens (primary N) is 1. The average Bonchev–Trinajstić information content (AvgIpc) is 3.51. The molecule has 0 bridgehead atoms. The first-order valence-electron chi connectivity index (χ1n) is 40.6. The van der Waals surface area contributed by atoms with Crippen molar-refractivity contribution < 1.29 is 37.6 Å². The second-order valence-corrected chi connectivity index (χ2v) is 28.7. The van der Waals surface area contributed by atoms with Crippen molar-refractivity contribution in [2.45, 2.75) is 412 Å². The summed E-state index contributed by atoms with van der Waals surface area (Å²) in [5.41, 5.74) is 5.41. The molecule has 9 nitrogen and oxygen atoms in total. The zero-order valence-electron chi connectivity index (χ0n) is 62.0. The van der Waals surface area contributed by atoms with Gasteiger partial charge in [0.25, 0.3) is 0 Å². The number of carbonyl (C=O) groups excluding carboxylic acids is 2. The van der Waals surface area contributed by atoms with Gasteiger partial charge in [0.2, 0.25) is 0 Å². The molecule has 0 aromatic rings. The standard InChI is InChI=1S/C84H154NO8P/c1-3-5-7-9-11-13-15-17-19-21-23-25-27-29-31-33-35-37-38-39-40-41-42-43-45-46-48-50-52-54-56-58-60-62-64-66-68-70-72-74-76-83(86)90-80-82(81-92-94(88,89)91-79-78-85)93-84(87)77-75-73-71-69-67-65-63-61-59-57-55-53-51-49-47-44-36-34-32-30-28-26-24-22-20-18-16-14-12-10-8-6-4-2/h6,8,12,14,18,20,24,26,30,32,36,44,49,51,82H,3-5,7,9-11,13,15-17,19,21-23,25,27-29,31,33-35,37-43,45-48,50,52-81,85H2,1-2H3,(H,88,89)/b8-6-,14-12-,20-18-,26-24-,32-30-,44-36-,51-49-. The van der Waals surface area contributed by atoms with Crippen molar-refractivity contribution in [1.29, 1.82) is 0 Å². The number of phosphoric acid groups is 1.